The SMILES string of the molecule is CCOC(=O)c1c(NC(=O)CC#N)cc(Cl)n1-c1ccc(-c2csc3ccccc23)cc1. The van der Waals surface area contributed by atoms with Crippen molar-refractivity contribution >= 4 is 50.6 Å². The molecule has 4 aromatic rings. The van der Waals surface area contributed by atoms with Crippen molar-refractivity contribution in [2.75, 3.05) is 11.9 Å². The monoisotopic (exact) mass is 463 g/mol. The van der Waals surface area contributed by atoms with Gasteiger partial charge in [-0.1, -0.05) is 41.9 Å². The van der Waals surface area contributed by atoms with Gasteiger partial charge in [0, 0.05) is 21.3 Å². The molecule has 0 aliphatic carbocycles. The van der Waals surface area contributed by atoms with Gasteiger partial charge in [-0.2, -0.15) is 5.26 Å². The molecule has 0 aliphatic heterocycles. The summed E-state index contributed by atoms with van der Waals surface area (Å²) in [7, 11) is 0. The number of nitrogens with one attached hydrogen (secondary N) is 1. The number of halogens is 1. The van der Waals surface area contributed by atoms with E-state index in [1.165, 1.54) is 20.7 Å². The highest BCUT2D eigenvalue weighted by molar-refractivity contribution is 7.17. The molecule has 1 amide bonds. The molecule has 0 atom stereocenters. The Morgan fingerprint density at radius 2 is 1.94 bits per heavy atom. The molecule has 2 heterocycles. The van der Waals surface area contributed by atoms with E-state index in [0.717, 1.165) is 11.1 Å². The van der Waals surface area contributed by atoms with Crippen LogP contribution in [0.15, 0.2) is 60.0 Å². The minimum absolute atomic E-state index is 0.0943. The van der Waals surface area contributed by atoms with E-state index in [4.69, 9.17) is 21.6 Å². The first kappa shape index (κ1) is 21.6. The number of carbonyl (C=O) groups is 2. The number of carbonyl (C=O) groups excluding carboxylic acids is 2. The zero-order chi connectivity index (χ0) is 22.7. The summed E-state index contributed by atoms with van der Waals surface area (Å²) in [5, 5.41) is 14.9. The number of hydrogen-bond acceptors (Lipinski definition) is 5. The molecule has 0 unspecified atom stereocenters. The van der Waals surface area contributed by atoms with Crippen LogP contribution < -0.4 is 5.32 Å². The number of benzene rings is 2. The molecule has 0 bridgehead atoms. The summed E-state index contributed by atoms with van der Waals surface area (Å²) in [6.07, 6.45) is -0.339. The number of fused-ring (bicyclic) bond motifs is 1. The van der Waals surface area contributed by atoms with Crippen LogP contribution >= 0.6 is 22.9 Å². The van der Waals surface area contributed by atoms with Crippen LogP contribution in [-0.2, 0) is 9.53 Å². The number of nitrogens with zero attached hydrogens (tertiary/aromatic N) is 2. The second-order valence-electron chi connectivity index (χ2n) is 6.86. The number of rotatable bonds is 6. The minimum Gasteiger partial charge on any atom is -0.461 e. The summed E-state index contributed by atoms with van der Waals surface area (Å²) < 4.78 is 7.92. The molecule has 0 radical (unpaired) electrons. The highest BCUT2D eigenvalue weighted by Gasteiger charge is 2.24. The molecule has 0 aliphatic rings. The molecule has 2 aromatic carbocycles. The fraction of sp³-hybridized carbons (Fsp3) is 0.125. The van der Waals surface area contributed by atoms with Gasteiger partial charge < -0.3 is 10.1 Å². The number of esters is 1. The predicted molar refractivity (Wildman–Crippen MR) is 126 cm³/mol. The fourth-order valence-corrected chi connectivity index (χ4v) is 4.75. The first-order valence-corrected chi connectivity index (χ1v) is 11.1. The molecule has 0 saturated heterocycles. The van der Waals surface area contributed by atoms with Crippen molar-refractivity contribution < 1.29 is 14.3 Å². The van der Waals surface area contributed by atoms with Gasteiger partial charge in [0.05, 0.1) is 18.4 Å². The standard InChI is InChI=1S/C24H18ClN3O3S/c1-2-31-24(30)23-19(27-22(29)11-12-26)13-21(25)28(23)16-9-7-15(8-10-16)18-14-32-20-6-4-3-5-17(18)20/h3-10,13-14H,2,11H2,1H3,(H,27,29). The second-order valence-corrected chi connectivity index (χ2v) is 8.16. The van der Waals surface area contributed by atoms with Crippen molar-refractivity contribution in [2.45, 2.75) is 13.3 Å². The van der Waals surface area contributed by atoms with Crippen LogP contribution in [0.3, 0.4) is 0 Å². The highest BCUT2D eigenvalue weighted by Crippen LogP contribution is 2.35. The fourth-order valence-electron chi connectivity index (χ4n) is 3.49. The van der Waals surface area contributed by atoms with Crippen molar-refractivity contribution in [1.82, 2.24) is 4.57 Å². The highest BCUT2D eigenvalue weighted by atomic mass is 35.5. The van der Waals surface area contributed by atoms with E-state index < -0.39 is 11.9 Å². The number of aromatic nitrogens is 1. The average Bonchev–Trinajstić information content (AvgIpc) is 3.35. The Morgan fingerprint density at radius 1 is 1.19 bits per heavy atom. The number of anilines is 1. The topological polar surface area (TPSA) is 84.1 Å². The maximum atomic E-state index is 12.7. The van der Waals surface area contributed by atoms with Gasteiger partial charge in [0.15, 0.2) is 5.69 Å². The third kappa shape index (κ3) is 4.11. The molecule has 2 aromatic heterocycles. The van der Waals surface area contributed by atoms with Crippen LogP contribution in [0.5, 0.6) is 0 Å². The van der Waals surface area contributed by atoms with Crippen LogP contribution in [0.25, 0.3) is 26.9 Å². The molecule has 1 N–H and O–H groups in total. The Labute approximate surface area is 193 Å². The molecule has 0 saturated carbocycles. The molecule has 160 valence electrons. The van der Waals surface area contributed by atoms with E-state index in [2.05, 4.69) is 22.8 Å². The van der Waals surface area contributed by atoms with Crippen LogP contribution in [0.2, 0.25) is 5.15 Å². The van der Waals surface area contributed by atoms with Crippen LogP contribution in [0, 0.1) is 11.3 Å². The summed E-state index contributed by atoms with van der Waals surface area (Å²) in [4.78, 5) is 24.6. The van der Waals surface area contributed by atoms with Gasteiger partial charge >= 0.3 is 5.97 Å². The lowest BCUT2D eigenvalue weighted by molar-refractivity contribution is -0.115. The third-order valence-corrected chi connectivity index (χ3v) is 6.10. The second kappa shape index (κ2) is 9.27. The van der Waals surface area contributed by atoms with Gasteiger partial charge in [-0.25, -0.2) is 4.79 Å². The van der Waals surface area contributed by atoms with Crippen LogP contribution in [0.1, 0.15) is 23.8 Å². The van der Waals surface area contributed by atoms with Gasteiger partial charge in [-0.15, -0.1) is 11.3 Å². The van der Waals surface area contributed by atoms with Crippen LogP contribution in [-0.4, -0.2) is 23.1 Å². The predicted octanol–water partition coefficient (Wildman–Crippen LogP) is 6.04. The first-order valence-electron chi connectivity index (χ1n) is 9.85. The number of ether oxygens (including phenoxy) is 1. The van der Waals surface area contributed by atoms with Crippen LogP contribution in [0.4, 0.5) is 5.69 Å². The molecule has 6 nitrogen and oxygen atoms in total. The smallest absolute Gasteiger partial charge is 0.357 e. The largest absolute Gasteiger partial charge is 0.461 e. The third-order valence-electron chi connectivity index (χ3n) is 4.86. The van der Waals surface area contributed by atoms with Gasteiger partial charge in [0.25, 0.3) is 0 Å². The van der Waals surface area contributed by atoms with E-state index in [0.29, 0.717) is 5.69 Å². The summed E-state index contributed by atoms with van der Waals surface area (Å²) >= 11 is 8.13. The van der Waals surface area contributed by atoms with E-state index >= 15 is 0 Å². The summed E-state index contributed by atoms with van der Waals surface area (Å²) in [6.45, 7) is 1.86. The lowest BCUT2D eigenvalue weighted by Gasteiger charge is -2.12. The maximum Gasteiger partial charge on any atom is 0.357 e. The van der Waals surface area contributed by atoms with Crippen molar-refractivity contribution in [1.29, 1.82) is 5.26 Å². The molecule has 32 heavy (non-hydrogen) atoms. The molecular weight excluding hydrogens is 446 g/mol. The van der Waals surface area contributed by atoms with E-state index in [1.54, 1.807) is 24.3 Å². The van der Waals surface area contributed by atoms with Crippen molar-refractivity contribution in [3.8, 4) is 22.9 Å². The summed E-state index contributed by atoms with van der Waals surface area (Å²) in [5.74, 6) is -1.16. The Kier molecular flexibility index (Phi) is 6.26. The number of hydrogen-bond donors (Lipinski definition) is 1. The molecule has 4 rings (SSSR count). The molecule has 8 heteroatoms. The molecule has 0 spiro atoms. The molecule has 0 fully saturated rings. The normalized spacial score (nSPS) is 10.7. The van der Waals surface area contributed by atoms with Crippen molar-refractivity contribution in [3.63, 3.8) is 0 Å². The van der Waals surface area contributed by atoms with E-state index in [9.17, 15) is 9.59 Å². The minimum atomic E-state index is -0.625. The van der Waals surface area contributed by atoms with E-state index in [1.807, 2.05) is 36.4 Å². The van der Waals surface area contributed by atoms with Gasteiger partial charge in [0.2, 0.25) is 5.91 Å². The Morgan fingerprint density at radius 3 is 2.66 bits per heavy atom. The number of thiophene rings is 1. The Bertz CT molecular complexity index is 1350. The lowest BCUT2D eigenvalue weighted by atomic mass is 10.0. The zero-order valence-electron chi connectivity index (χ0n) is 17.1. The summed E-state index contributed by atoms with van der Waals surface area (Å²) in [5.41, 5.74) is 3.10. The first-order chi connectivity index (χ1) is 15.5. The number of amides is 1. The van der Waals surface area contributed by atoms with Gasteiger partial charge in [0.1, 0.15) is 11.6 Å². The maximum absolute atomic E-state index is 12.7. The Balaban J connectivity index is 1.75. The lowest BCUT2D eigenvalue weighted by Crippen LogP contribution is -2.17. The van der Waals surface area contributed by atoms with Gasteiger partial charge in [-0.3, -0.25) is 9.36 Å². The Hall–Kier alpha value is -3.60. The quantitative estimate of drug-likeness (QED) is 0.353. The van der Waals surface area contributed by atoms with E-state index in [-0.39, 0.29) is 29.6 Å². The van der Waals surface area contributed by atoms with Crippen molar-refractivity contribution in [2.24, 2.45) is 0 Å². The average molecular weight is 464 g/mol. The zero-order valence-corrected chi connectivity index (χ0v) is 18.7. The number of nitriles is 1. The summed E-state index contributed by atoms with van der Waals surface area (Å²) in [6, 6.07) is 19.1. The van der Waals surface area contributed by atoms with Crippen molar-refractivity contribution in [3.05, 3.63) is 70.8 Å². The van der Waals surface area contributed by atoms with Gasteiger partial charge in [-0.05, 0) is 42.1 Å². The molecular formula is C24H18ClN3O3S.